The molecule has 0 saturated heterocycles. The summed E-state index contributed by atoms with van der Waals surface area (Å²) in [5.74, 6) is -0.382. The molecule has 24 heavy (non-hydrogen) atoms. The van der Waals surface area contributed by atoms with E-state index in [1.807, 2.05) is 24.3 Å². The maximum atomic E-state index is 12.4. The fraction of sp³-hybridized carbons (Fsp3) is 0.579. The Bertz CT molecular complexity index is 589. The highest BCUT2D eigenvalue weighted by atomic mass is 16.5. The van der Waals surface area contributed by atoms with Crippen molar-refractivity contribution in [1.82, 2.24) is 0 Å². The van der Waals surface area contributed by atoms with Crippen molar-refractivity contribution < 1.29 is 19.4 Å². The lowest BCUT2D eigenvalue weighted by Gasteiger charge is -2.25. The average Bonchev–Trinajstić information content (AvgIpc) is 3.39. The van der Waals surface area contributed by atoms with E-state index in [-0.39, 0.29) is 17.7 Å². The van der Waals surface area contributed by atoms with Crippen molar-refractivity contribution in [3.63, 3.8) is 0 Å². The topological polar surface area (TPSA) is 75.6 Å². The molecule has 130 valence electrons. The summed E-state index contributed by atoms with van der Waals surface area (Å²) in [6, 6.07) is 7.76. The Kier molecular flexibility index (Phi) is 5.51. The van der Waals surface area contributed by atoms with Crippen molar-refractivity contribution in [2.45, 2.75) is 45.1 Å². The third-order valence-corrected chi connectivity index (χ3v) is 4.96. The summed E-state index contributed by atoms with van der Waals surface area (Å²) in [5.41, 5.74) is 1.84. The van der Waals surface area contributed by atoms with Crippen LogP contribution < -0.4 is 5.32 Å². The average molecular weight is 331 g/mol. The van der Waals surface area contributed by atoms with Crippen molar-refractivity contribution >= 4 is 17.6 Å². The molecule has 5 nitrogen and oxygen atoms in total. The summed E-state index contributed by atoms with van der Waals surface area (Å²) < 4.78 is 5.69. The number of anilines is 1. The number of ether oxygens (including phenoxy) is 1. The first-order valence-electron chi connectivity index (χ1n) is 8.82. The number of nitrogens with one attached hydrogen (secondary N) is 1. The van der Waals surface area contributed by atoms with Crippen LogP contribution in [0, 0.1) is 17.8 Å². The van der Waals surface area contributed by atoms with Crippen molar-refractivity contribution in [1.29, 1.82) is 0 Å². The summed E-state index contributed by atoms with van der Waals surface area (Å²) in [6.45, 7) is 1.40. The third kappa shape index (κ3) is 4.81. The summed E-state index contributed by atoms with van der Waals surface area (Å²) in [5, 5.41) is 12.0. The number of rotatable bonds is 7. The number of amides is 1. The molecule has 3 rings (SSSR count). The van der Waals surface area contributed by atoms with Gasteiger partial charge in [-0.25, -0.2) is 0 Å². The van der Waals surface area contributed by atoms with Crippen LogP contribution in [0.2, 0.25) is 0 Å². The van der Waals surface area contributed by atoms with E-state index in [1.54, 1.807) is 0 Å². The number of hydrogen-bond donors (Lipinski definition) is 2. The minimum absolute atomic E-state index is 0.00473. The summed E-state index contributed by atoms with van der Waals surface area (Å²) >= 11 is 0. The van der Waals surface area contributed by atoms with Gasteiger partial charge in [-0.05, 0) is 62.1 Å². The van der Waals surface area contributed by atoms with Crippen LogP contribution in [0.1, 0.15) is 44.1 Å². The van der Waals surface area contributed by atoms with E-state index in [2.05, 4.69) is 5.32 Å². The van der Waals surface area contributed by atoms with Crippen molar-refractivity contribution in [2.75, 3.05) is 11.9 Å². The second-order valence-electron chi connectivity index (χ2n) is 7.03. The van der Waals surface area contributed by atoms with Gasteiger partial charge in [0.15, 0.2) is 0 Å². The largest absolute Gasteiger partial charge is 0.481 e. The first kappa shape index (κ1) is 17.0. The Morgan fingerprint density at radius 2 is 1.79 bits per heavy atom. The van der Waals surface area contributed by atoms with E-state index in [0.29, 0.717) is 32.3 Å². The monoisotopic (exact) mass is 331 g/mol. The molecule has 2 fully saturated rings. The molecule has 1 amide bonds. The first-order valence-corrected chi connectivity index (χ1v) is 8.82. The zero-order valence-corrected chi connectivity index (χ0v) is 13.9. The number of hydrogen-bond acceptors (Lipinski definition) is 3. The maximum Gasteiger partial charge on any atom is 0.306 e. The molecule has 0 atom stereocenters. The van der Waals surface area contributed by atoms with Crippen LogP contribution in [0.4, 0.5) is 5.69 Å². The quantitative estimate of drug-likeness (QED) is 0.802. The molecule has 0 spiro atoms. The van der Waals surface area contributed by atoms with Crippen LogP contribution in [0.15, 0.2) is 24.3 Å². The highest BCUT2D eigenvalue weighted by Gasteiger charge is 2.29. The highest BCUT2D eigenvalue weighted by Crippen LogP contribution is 2.30. The third-order valence-electron chi connectivity index (χ3n) is 4.96. The van der Waals surface area contributed by atoms with Gasteiger partial charge in [-0.1, -0.05) is 12.1 Å². The number of carbonyl (C=O) groups is 2. The van der Waals surface area contributed by atoms with Gasteiger partial charge in [-0.3, -0.25) is 9.59 Å². The maximum absolute atomic E-state index is 12.4. The molecular formula is C19H25NO4. The number of benzene rings is 1. The molecule has 2 N–H and O–H groups in total. The molecule has 2 aliphatic carbocycles. The van der Waals surface area contributed by atoms with Crippen LogP contribution >= 0.6 is 0 Å². The van der Waals surface area contributed by atoms with Crippen molar-refractivity contribution in [2.24, 2.45) is 17.8 Å². The Morgan fingerprint density at radius 3 is 2.46 bits per heavy atom. The van der Waals surface area contributed by atoms with Crippen molar-refractivity contribution in [3.05, 3.63) is 29.8 Å². The van der Waals surface area contributed by atoms with Crippen LogP contribution in [0.25, 0.3) is 0 Å². The Hall–Kier alpha value is -1.88. The van der Waals surface area contributed by atoms with Gasteiger partial charge < -0.3 is 15.2 Å². The summed E-state index contributed by atoms with van der Waals surface area (Å²) in [7, 11) is 0. The van der Waals surface area contributed by atoms with Gasteiger partial charge in [-0.2, -0.15) is 0 Å². The minimum Gasteiger partial charge on any atom is -0.481 e. The zero-order chi connectivity index (χ0) is 16.9. The fourth-order valence-corrected chi connectivity index (χ4v) is 3.21. The lowest BCUT2D eigenvalue weighted by Crippen LogP contribution is -2.29. The first-order chi connectivity index (χ1) is 11.6. The SMILES string of the molecule is O=C(O)C1CCC(C(=O)Nc2cccc(COCC3CC3)c2)CC1. The van der Waals surface area contributed by atoms with Crippen molar-refractivity contribution in [3.8, 4) is 0 Å². The standard InChI is InChI=1S/C19H25NO4/c21-18(15-6-8-16(9-7-15)19(22)23)20-17-3-1-2-14(10-17)12-24-11-13-4-5-13/h1-3,10,13,15-16H,4-9,11-12H2,(H,20,21)(H,22,23). The van der Waals surface area contributed by atoms with Gasteiger partial charge >= 0.3 is 5.97 Å². The molecule has 5 heteroatoms. The van der Waals surface area contributed by atoms with E-state index < -0.39 is 5.97 Å². The number of carbonyl (C=O) groups excluding carboxylic acids is 1. The lowest BCUT2D eigenvalue weighted by molar-refractivity contribution is -0.143. The minimum atomic E-state index is -0.743. The lowest BCUT2D eigenvalue weighted by atomic mass is 9.81. The Labute approximate surface area is 142 Å². The van der Waals surface area contributed by atoms with E-state index in [4.69, 9.17) is 9.84 Å². The predicted octanol–water partition coefficient (Wildman–Crippen LogP) is 3.44. The molecule has 0 unspecified atom stereocenters. The zero-order valence-electron chi connectivity index (χ0n) is 13.9. The van der Waals surface area contributed by atoms with Crippen LogP contribution in [0.5, 0.6) is 0 Å². The number of carboxylic acids is 1. The number of aliphatic carboxylic acids is 1. The molecule has 0 bridgehead atoms. The van der Waals surface area contributed by atoms with E-state index in [9.17, 15) is 9.59 Å². The molecule has 1 aromatic rings. The molecule has 1 aromatic carbocycles. The predicted molar refractivity (Wildman–Crippen MR) is 90.5 cm³/mol. The molecule has 0 aromatic heterocycles. The molecule has 2 saturated carbocycles. The molecule has 2 aliphatic rings. The van der Waals surface area contributed by atoms with Gasteiger partial charge in [-0.15, -0.1) is 0 Å². The van der Waals surface area contributed by atoms with Gasteiger partial charge in [0.25, 0.3) is 0 Å². The van der Waals surface area contributed by atoms with Gasteiger partial charge in [0.05, 0.1) is 12.5 Å². The van der Waals surface area contributed by atoms with Gasteiger partial charge in [0.2, 0.25) is 5.91 Å². The van der Waals surface area contributed by atoms with E-state index in [0.717, 1.165) is 23.8 Å². The molecule has 0 aliphatic heterocycles. The second kappa shape index (κ2) is 7.79. The molecule has 0 heterocycles. The molecular weight excluding hydrogens is 306 g/mol. The smallest absolute Gasteiger partial charge is 0.306 e. The highest BCUT2D eigenvalue weighted by molar-refractivity contribution is 5.92. The summed E-state index contributed by atoms with van der Waals surface area (Å²) in [4.78, 5) is 23.4. The summed E-state index contributed by atoms with van der Waals surface area (Å²) in [6.07, 6.45) is 5.02. The van der Waals surface area contributed by atoms with Crippen LogP contribution in [-0.4, -0.2) is 23.6 Å². The molecule has 0 radical (unpaired) electrons. The number of carboxylic acid groups (broad SMARTS) is 1. The Balaban J connectivity index is 1.47. The van der Waals surface area contributed by atoms with Gasteiger partial charge in [0.1, 0.15) is 0 Å². The Morgan fingerprint density at radius 1 is 1.08 bits per heavy atom. The van der Waals surface area contributed by atoms with Crippen LogP contribution in [-0.2, 0) is 20.9 Å². The van der Waals surface area contributed by atoms with E-state index >= 15 is 0 Å². The normalized spacial score (nSPS) is 23.7. The fourth-order valence-electron chi connectivity index (χ4n) is 3.21. The van der Waals surface area contributed by atoms with Crippen LogP contribution in [0.3, 0.4) is 0 Å². The second-order valence-corrected chi connectivity index (χ2v) is 7.03. The van der Waals surface area contributed by atoms with Gasteiger partial charge in [0, 0.05) is 18.2 Å². The van der Waals surface area contributed by atoms with E-state index in [1.165, 1.54) is 12.8 Å².